The first-order valence-corrected chi connectivity index (χ1v) is 13.3. The summed E-state index contributed by atoms with van der Waals surface area (Å²) in [4.78, 5) is 10.4. The lowest BCUT2D eigenvalue weighted by molar-refractivity contribution is 0.795. The van der Waals surface area contributed by atoms with Crippen LogP contribution in [-0.2, 0) is 0 Å². The van der Waals surface area contributed by atoms with E-state index in [1.807, 2.05) is 0 Å². The monoisotopic (exact) mass is 487 g/mol. The number of fused-ring (bicyclic) bond motifs is 8. The van der Waals surface area contributed by atoms with E-state index in [9.17, 15) is 0 Å². The van der Waals surface area contributed by atoms with E-state index < -0.39 is 0 Å². The minimum Gasteiger partial charge on any atom is -0.309 e. The molecule has 8 rings (SSSR count). The second kappa shape index (κ2) is 8.39. The highest BCUT2D eigenvalue weighted by Gasteiger charge is 2.31. The molecular formula is C35H25N3. The van der Waals surface area contributed by atoms with E-state index in [1.165, 1.54) is 27.4 Å². The highest BCUT2D eigenvalue weighted by atomic mass is 15.0. The highest BCUT2D eigenvalue weighted by molar-refractivity contribution is 6.12. The molecule has 1 aliphatic heterocycles. The Hall–Kier alpha value is -4.76. The Morgan fingerprint density at radius 1 is 0.684 bits per heavy atom. The molecular weight excluding hydrogens is 462 g/mol. The van der Waals surface area contributed by atoms with Crippen molar-refractivity contribution in [2.24, 2.45) is 4.99 Å². The first-order chi connectivity index (χ1) is 18.9. The number of pyridine rings is 1. The molecule has 2 aromatic heterocycles. The van der Waals surface area contributed by atoms with Crippen molar-refractivity contribution in [1.82, 2.24) is 9.55 Å². The van der Waals surface area contributed by atoms with Gasteiger partial charge in [-0.05, 0) is 49.2 Å². The van der Waals surface area contributed by atoms with Crippen LogP contribution in [0, 0.1) is 0 Å². The average Bonchev–Trinajstić information content (AvgIpc) is 3.48. The summed E-state index contributed by atoms with van der Waals surface area (Å²) in [6, 6.07) is 34.6. The van der Waals surface area contributed by atoms with Crippen molar-refractivity contribution in [1.29, 1.82) is 0 Å². The molecule has 2 aliphatic rings. The summed E-state index contributed by atoms with van der Waals surface area (Å²) in [5.41, 5.74) is 10.3. The summed E-state index contributed by atoms with van der Waals surface area (Å²) < 4.78 is 2.36. The molecule has 1 aliphatic carbocycles. The summed E-state index contributed by atoms with van der Waals surface area (Å²) in [5, 5.41) is 3.68. The largest absolute Gasteiger partial charge is 0.309 e. The van der Waals surface area contributed by atoms with E-state index in [0.717, 1.165) is 52.1 Å². The molecule has 6 aromatic rings. The third-order valence-electron chi connectivity index (χ3n) is 7.96. The summed E-state index contributed by atoms with van der Waals surface area (Å²) in [5.74, 6) is 0.260. The molecule has 0 fully saturated rings. The van der Waals surface area contributed by atoms with Crippen molar-refractivity contribution < 1.29 is 0 Å². The van der Waals surface area contributed by atoms with Gasteiger partial charge in [-0.1, -0.05) is 85.0 Å². The fraction of sp³-hybridized carbons (Fsp3) is 0.0857. The van der Waals surface area contributed by atoms with Crippen LogP contribution < -0.4 is 0 Å². The molecule has 3 heterocycles. The van der Waals surface area contributed by atoms with E-state index in [-0.39, 0.29) is 5.92 Å². The molecule has 0 spiro atoms. The quantitative estimate of drug-likeness (QED) is 0.240. The lowest BCUT2D eigenvalue weighted by Crippen LogP contribution is -2.08. The molecule has 3 nitrogen and oxygen atoms in total. The maximum absolute atomic E-state index is 5.23. The summed E-state index contributed by atoms with van der Waals surface area (Å²) in [6.45, 7) is 0. The number of hydrogen-bond donors (Lipinski definition) is 0. The van der Waals surface area contributed by atoms with Crippen LogP contribution in [0.25, 0.3) is 49.7 Å². The van der Waals surface area contributed by atoms with Gasteiger partial charge in [-0.25, -0.2) is 4.98 Å². The lowest BCUT2D eigenvalue weighted by Gasteiger charge is -2.18. The zero-order valence-corrected chi connectivity index (χ0v) is 20.9. The maximum atomic E-state index is 5.23. The predicted molar refractivity (Wildman–Crippen MR) is 159 cm³/mol. The first-order valence-electron chi connectivity index (χ1n) is 13.3. The van der Waals surface area contributed by atoms with E-state index in [2.05, 4.69) is 126 Å². The third-order valence-corrected chi connectivity index (χ3v) is 7.96. The fourth-order valence-corrected chi connectivity index (χ4v) is 6.24. The Bertz CT molecular complexity index is 1920. The third kappa shape index (κ3) is 3.15. The topological polar surface area (TPSA) is 30.2 Å². The molecule has 180 valence electrons. The van der Waals surface area contributed by atoms with Crippen LogP contribution in [0.3, 0.4) is 0 Å². The van der Waals surface area contributed by atoms with Crippen molar-refractivity contribution in [3.05, 3.63) is 127 Å². The van der Waals surface area contributed by atoms with Gasteiger partial charge in [0.2, 0.25) is 0 Å². The van der Waals surface area contributed by atoms with Gasteiger partial charge in [0.1, 0.15) is 0 Å². The van der Waals surface area contributed by atoms with Gasteiger partial charge in [-0.2, -0.15) is 0 Å². The normalized spacial score (nSPS) is 16.4. The minimum absolute atomic E-state index is 0.260. The van der Waals surface area contributed by atoms with Crippen LogP contribution in [0.1, 0.15) is 24.3 Å². The van der Waals surface area contributed by atoms with Gasteiger partial charge < -0.3 is 4.57 Å². The number of benzene rings is 4. The zero-order chi connectivity index (χ0) is 25.1. The SMILES string of the molecule is C1=CCCC2C(=Nc3c2c(-c2ccc(-n4c5ccccc5c5ccccc54)cc2)nc2ccccc32)C=C1. The zero-order valence-electron chi connectivity index (χ0n) is 20.9. The molecule has 0 bridgehead atoms. The summed E-state index contributed by atoms with van der Waals surface area (Å²) in [7, 11) is 0. The van der Waals surface area contributed by atoms with Gasteiger partial charge in [0.25, 0.3) is 0 Å². The Balaban J connectivity index is 1.31. The highest BCUT2D eigenvalue weighted by Crippen LogP contribution is 2.47. The molecule has 0 radical (unpaired) electrons. The Kier molecular flexibility index (Phi) is 4.71. The minimum atomic E-state index is 0.260. The Morgan fingerprint density at radius 2 is 1.37 bits per heavy atom. The van der Waals surface area contributed by atoms with Crippen LogP contribution in [0.5, 0.6) is 0 Å². The number of rotatable bonds is 2. The summed E-state index contributed by atoms with van der Waals surface area (Å²) in [6.07, 6.45) is 10.7. The smallest absolute Gasteiger partial charge is 0.0787 e. The number of nitrogens with zero attached hydrogens (tertiary/aromatic N) is 3. The van der Waals surface area contributed by atoms with Crippen molar-refractivity contribution in [3.63, 3.8) is 0 Å². The fourth-order valence-electron chi connectivity index (χ4n) is 6.24. The van der Waals surface area contributed by atoms with Crippen LogP contribution >= 0.6 is 0 Å². The van der Waals surface area contributed by atoms with Gasteiger partial charge >= 0.3 is 0 Å². The molecule has 38 heavy (non-hydrogen) atoms. The molecule has 4 aromatic carbocycles. The number of aromatic nitrogens is 2. The van der Waals surface area contributed by atoms with Gasteiger partial charge in [0.15, 0.2) is 0 Å². The lowest BCUT2D eigenvalue weighted by atomic mass is 9.86. The summed E-state index contributed by atoms with van der Waals surface area (Å²) >= 11 is 0. The molecule has 1 unspecified atom stereocenters. The number of allylic oxidation sites excluding steroid dienone is 4. The van der Waals surface area contributed by atoms with Crippen molar-refractivity contribution >= 4 is 44.1 Å². The van der Waals surface area contributed by atoms with Crippen LogP contribution in [0.4, 0.5) is 5.69 Å². The van der Waals surface area contributed by atoms with Crippen LogP contribution in [-0.4, -0.2) is 15.3 Å². The molecule has 1 atom stereocenters. The van der Waals surface area contributed by atoms with Gasteiger partial charge in [-0.15, -0.1) is 0 Å². The second-order valence-corrected chi connectivity index (χ2v) is 10.1. The number of aliphatic imine (C=N–C) groups is 1. The molecule has 0 saturated heterocycles. The van der Waals surface area contributed by atoms with Gasteiger partial charge in [-0.3, -0.25) is 4.99 Å². The first kappa shape index (κ1) is 21.3. The van der Waals surface area contributed by atoms with Gasteiger partial charge in [0.05, 0.1) is 27.9 Å². The van der Waals surface area contributed by atoms with Crippen molar-refractivity contribution in [2.75, 3.05) is 0 Å². The molecule has 3 heteroatoms. The van der Waals surface area contributed by atoms with E-state index in [1.54, 1.807) is 0 Å². The number of hydrogen-bond acceptors (Lipinski definition) is 2. The second-order valence-electron chi connectivity index (χ2n) is 10.1. The van der Waals surface area contributed by atoms with Crippen molar-refractivity contribution in [3.8, 4) is 16.9 Å². The predicted octanol–water partition coefficient (Wildman–Crippen LogP) is 9.07. The molecule has 0 amide bonds. The van der Waals surface area contributed by atoms with E-state index >= 15 is 0 Å². The average molecular weight is 488 g/mol. The van der Waals surface area contributed by atoms with Crippen LogP contribution in [0.15, 0.2) is 126 Å². The standard InChI is InChI=1S/C35H25N3/c1-2-4-15-29-27(13-3-1)33-34(36-30-16-8-5-14-28(30)35(33)37-29)23-19-21-24(22-20-23)38-31-17-9-6-11-25(31)26-12-7-10-18-32(26)38/h1-2,4-12,14-22,27H,3,13H2. The number of para-hydroxylation sites is 3. The van der Waals surface area contributed by atoms with Crippen molar-refractivity contribution in [2.45, 2.75) is 18.8 Å². The maximum Gasteiger partial charge on any atom is 0.0787 e. The van der Waals surface area contributed by atoms with E-state index in [0.29, 0.717) is 0 Å². The Labute approximate surface area is 221 Å². The van der Waals surface area contributed by atoms with Gasteiger partial charge in [0, 0.05) is 44.6 Å². The molecule has 0 N–H and O–H groups in total. The van der Waals surface area contributed by atoms with E-state index in [4.69, 9.17) is 9.98 Å². The molecule has 0 saturated carbocycles. The Morgan fingerprint density at radius 3 is 2.13 bits per heavy atom. The van der Waals surface area contributed by atoms with Crippen LogP contribution in [0.2, 0.25) is 0 Å².